The van der Waals surface area contributed by atoms with Crippen molar-refractivity contribution in [1.29, 1.82) is 0 Å². The molecule has 0 N–H and O–H groups in total. The molecule has 2 aromatic rings. The van der Waals surface area contributed by atoms with Crippen LogP contribution >= 0.6 is 23.4 Å². The summed E-state index contributed by atoms with van der Waals surface area (Å²) in [6.07, 6.45) is 4.72. The molecule has 3 rings (SSSR count). The third kappa shape index (κ3) is 2.23. The lowest BCUT2D eigenvalue weighted by Crippen LogP contribution is -2.09. The molecule has 1 aliphatic rings. The number of fused-ring (bicyclic) bond motifs is 1. The van der Waals surface area contributed by atoms with Gasteiger partial charge in [0.25, 0.3) is 0 Å². The Kier molecular flexibility index (Phi) is 3.52. The first-order chi connectivity index (χ1) is 9.66. The van der Waals surface area contributed by atoms with E-state index in [9.17, 15) is 0 Å². The summed E-state index contributed by atoms with van der Waals surface area (Å²) < 4.78 is 10.2. The maximum Gasteiger partial charge on any atom is 0.162 e. The van der Waals surface area contributed by atoms with Crippen LogP contribution in [0.5, 0.6) is 11.5 Å². The van der Waals surface area contributed by atoms with Gasteiger partial charge in [0.1, 0.15) is 4.21 Å². The zero-order chi connectivity index (χ0) is 14.2. The van der Waals surface area contributed by atoms with E-state index >= 15 is 0 Å². The van der Waals surface area contributed by atoms with Crippen molar-refractivity contribution in [2.75, 3.05) is 14.2 Å². The van der Waals surface area contributed by atoms with Gasteiger partial charge >= 0.3 is 0 Å². The van der Waals surface area contributed by atoms with E-state index in [2.05, 4.69) is 17.1 Å². The summed E-state index contributed by atoms with van der Waals surface area (Å²) >= 11 is 8.25. The number of nitrogens with zero attached hydrogens (tertiary/aromatic N) is 1. The smallest absolute Gasteiger partial charge is 0.162 e. The molecule has 2 heterocycles. The molecule has 0 amide bonds. The summed E-state index contributed by atoms with van der Waals surface area (Å²) in [4.78, 5) is 4.49. The second-order valence-electron chi connectivity index (χ2n) is 4.55. The molecule has 0 spiro atoms. The molecule has 1 aromatic heterocycles. The number of halogens is 1. The van der Waals surface area contributed by atoms with Crippen molar-refractivity contribution in [2.45, 2.75) is 10.6 Å². The minimum absolute atomic E-state index is 0.436. The second-order valence-corrected chi connectivity index (χ2v) is 6.62. The zero-order valence-corrected chi connectivity index (χ0v) is 12.8. The van der Waals surface area contributed by atoms with E-state index in [1.165, 1.54) is 0 Å². The standard InChI is InChI=1S/C15H14ClNO2S/c1-18-13-7-10-6-11(15(16)4-3-5-20-15)9-17-12(10)8-14(13)19-2/h3,5-9H,4H2,1-2H3. The van der Waals surface area contributed by atoms with Crippen LogP contribution in [0.4, 0.5) is 0 Å². The number of methoxy groups -OCH3 is 2. The lowest BCUT2D eigenvalue weighted by Gasteiger charge is -2.20. The van der Waals surface area contributed by atoms with E-state index in [0.717, 1.165) is 22.9 Å². The van der Waals surface area contributed by atoms with E-state index in [1.54, 1.807) is 26.0 Å². The highest BCUT2D eigenvalue weighted by atomic mass is 35.5. The maximum atomic E-state index is 6.63. The molecule has 104 valence electrons. The Morgan fingerprint density at radius 2 is 1.95 bits per heavy atom. The predicted molar refractivity (Wildman–Crippen MR) is 83.7 cm³/mol. The third-order valence-corrected chi connectivity index (χ3v) is 5.09. The average Bonchev–Trinajstić information content (AvgIpc) is 2.93. The van der Waals surface area contributed by atoms with Crippen LogP contribution in [0.2, 0.25) is 0 Å². The highest BCUT2D eigenvalue weighted by Gasteiger charge is 2.32. The quantitative estimate of drug-likeness (QED) is 0.791. The molecule has 1 aromatic carbocycles. The van der Waals surface area contributed by atoms with Gasteiger partial charge in [-0.3, -0.25) is 4.98 Å². The largest absolute Gasteiger partial charge is 0.493 e. The van der Waals surface area contributed by atoms with Crippen molar-refractivity contribution in [3.8, 4) is 11.5 Å². The molecule has 0 bridgehead atoms. The third-order valence-electron chi connectivity index (χ3n) is 3.35. The van der Waals surface area contributed by atoms with Crippen molar-refractivity contribution in [3.05, 3.63) is 41.4 Å². The Balaban J connectivity index is 2.11. The number of rotatable bonds is 3. The highest BCUT2D eigenvalue weighted by Crippen LogP contribution is 2.49. The van der Waals surface area contributed by atoms with Crippen molar-refractivity contribution in [1.82, 2.24) is 4.98 Å². The van der Waals surface area contributed by atoms with Gasteiger partial charge in [0, 0.05) is 23.2 Å². The fourth-order valence-corrected chi connectivity index (χ4v) is 3.44. The molecule has 0 saturated carbocycles. The van der Waals surface area contributed by atoms with Gasteiger partial charge < -0.3 is 9.47 Å². The van der Waals surface area contributed by atoms with Crippen LogP contribution in [0, 0.1) is 0 Å². The van der Waals surface area contributed by atoms with Gasteiger partial charge in [-0.2, -0.15) is 0 Å². The van der Waals surface area contributed by atoms with Gasteiger partial charge in [-0.15, -0.1) is 23.4 Å². The molecule has 0 aliphatic carbocycles. The molecule has 3 nitrogen and oxygen atoms in total. The number of allylic oxidation sites excluding steroid dienone is 1. The molecule has 0 saturated heterocycles. The van der Waals surface area contributed by atoms with Crippen LogP contribution in [0.1, 0.15) is 12.0 Å². The Hall–Kier alpha value is -1.39. The van der Waals surface area contributed by atoms with E-state index in [-0.39, 0.29) is 0 Å². The normalized spacial score (nSPS) is 21.4. The molecule has 1 aliphatic heterocycles. The van der Waals surface area contributed by atoms with Gasteiger partial charge in [-0.1, -0.05) is 6.08 Å². The number of ether oxygens (including phenoxy) is 2. The molecule has 5 heteroatoms. The monoisotopic (exact) mass is 307 g/mol. The highest BCUT2D eigenvalue weighted by molar-refractivity contribution is 8.04. The zero-order valence-electron chi connectivity index (χ0n) is 11.2. The number of thioether (sulfide) groups is 1. The van der Waals surface area contributed by atoms with E-state index in [4.69, 9.17) is 21.1 Å². The average molecular weight is 308 g/mol. The summed E-state index contributed by atoms with van der Waals surface area (Å²) in [5, 5.41) is 3.03. The second kappa shape index (κ2) is 5.19. The number of pyridine rings is 1. The van der Waals surface area contributed by atoms with Gasteiger partial charge in [-0.05, 0) is 24.0 Å². The molecular weight excluding hydrogens is 294 g/mol. The number of benzene rings is 1. The summed E-state index contributed by atoms with van der Waals surface area (Å²) in [5.41, 5.74) is 1.87. The van der Waals surface area contributed by atoms with Crippen LogP contribution in [0.15, 0.2) is 35.9 Å². The summed E-state index contributed by atoms with van der Waals surface area (Å²) in [6, 6.07) is 5.87. The minimum Gasteiger partial charge on any atom is -0.493 e. The lowest BCUT2D eigenvalue weighted by atomic mass is 10.1. The Morgan fingerprint density at radius 1 is 1.20 bits per heavy atom. The fraction of sp³-hybridized carbons (Fsp3) is 0.267. The van der Waals surface area contributed by atoms with Crippen LogP contribution in [-0.4, -0.2) is 19.2 Å². The molecule has 0 radical (unpaired) electrons. The summed E-state index contributed by atoms with van der Waals surface area (Å²) in [7, 11) is 3.24. The van der Waals surface area contributed by atoms with Gasteiger partial charge in [0.15, 0.2) is 11.5 Å². The SMILES string of the molecule is COc1cc2cc(C3(Cl)CC=CS3)cnc2cc1OC. The molecule has 1 atom stereocenters. The van der Waals surface area contributed by atoms with E-state index in [1.807, 2.05) is 23.7 Å². The fourth-order valence-electron chi connectivity index (χ4n) is 2.25. The topological polar surface area (TPSA) is 31.4 Å². The van der Waals surface area contributed by atoms with Crippen molar-refractivity contribution in [2.24, 2.45) is 0 Å². The molecule has 0 fully saturated rings. The van der Waals surface area contributed by atoms with Crippen LogP contribution in [0.3, 0.4) is 0 Å². The number of hydrogen-bond acceptors (Lipinski definition) is 4. The van der Waals surface area contributed by atoms with Gasteiger partial charge in [0.2, 0.25) is 0 Å². The summed E-state index contributed by atoms with van der Waals surface area (Å²) in [6.45, 7) is 0. The van der Waals surface area contributed by atoms with Crippen LogP contribution in [0.25, 0.3) is 10.9 Å². The Morgan fingerprint density at radius 3 is 2.60 bits per heavy atom. The number of aromatic nitrogens is 1. The van der Waals surface area contributed by atoms with E-state index < -0.39 is 4.21 Å². The molecule has 20 heavy (non-hydrogen) atoms. The van der Waals surface area contributed by atoms with E-state index in [0.29, 0.717) is 11.5 Å². The van der Waals surface area contributed by atoms with Crippen molar-refractivity contribution in [3.63, 3.8) is 0 Å². The Bertz CT molecular complexity index is 679. The first-order valence-electron chi connectivity index (χ1n) is 6.20. The van der Waals surface area contributed by atoms with Crippen molar-refractivity contribution >= 4 is 34.3 Å². The summed E-state index contributed by atoms with van der Waals surface area (Å²) in [5.74, 6) is 1.37. The Labute approximate surface area is 126 Å². The predicted octanol–water partition coefficient (Wildman–Crippen LogP) is 4.29. The lowest BCUT2D eigenvalue weighted by molar-refractivity contribution is 0.356. The maximum absolute atomic E-state index is 6.63. The molecule has 1 unspecified atom stereocenters. The van der Waals surface area contributed by atoms with Crippen molar-refractivity contribution < 1.29 is 9.47 Å². The van der Waals surface area contributed by atoms with Crippen LogP contribution in [-0.2, 0) is 4.21 Å². The van der Waals surface area contributed by atoms with Gasteiger partial charge in [-0.25, -0.2) is 0 Å². The van der Waals surface area contributed by atoms with Gasteiger partial charge in [0.05, 0.1) is 19.7 Å². The number of alkyl halides is 1. The first-order valence-corrected chi connectivity index (χ1v) is 7.46. The molecular formula is C15H14ClNO2S. The number of hydrogen-bond donors (Lipinski definition) is 0. The van der Waals surface area contributed by atoms with Crippen LogP contribution < -0.4 is 9.47 Å². The first kappa shape index (κ1) is 13.6. The minimum atomic E-state index is -0.436.